The second kappa shape index (κ2) is 5.54. The molecule has 5 rings (SSSR count). The number of nitrogens with two attached hydrogens (primary N) is 1. The maximum absolute atomic E-state index is 14.1. The SMILES string of the molecule is CC1(F)C=CC(c2cccc3cc(-c4ncn5ccnc(N)c45)[nH]c23)=CC1. The molecule has 0 aliphatic heterocycles. The summed E-state index contributed by atoms with van der Waals surface area (Å²) in [7, 11) is 0. The van der Waals surface area contributed by atoms with Crippen LogP contribution in [0.15, 0.2) is 61.2 Å². The van der Waals surface area contributed by atoms with Gasteiger partial charge < -0.3 is 15.1 Å². The van der Waals surface area contributed by atoms with Crippen molar-refractivity contribution in [1.82, 2.24) is 19.4 Å². The van der Waals surface area contributed by atoms with E-state index in [9.17, 15) is 4.39 Å². The molecule has 3 aromatic heterocycles. The first kappa shape index (κ1) is 15.8. The van der Waals surface area contributed by atoms with Crippen LogP contribution in [0.25, 0.3) is 33.4 Å². The number of aromatic nitrogens is 4. The Kier molecular flexibility index (Phi) is 3.25. The normalized spacial score (nSPS) is 19.7. The van der Waals surface area contributed by atoms with Gasteiger partial charge in [-0.3, -0.25) is 0 Å². The zero-order chi connectivity index (χ0) is 18.6. The van der Waals surface area contributed by atoms with Crippen LogP contribution in [-0.4, -0.2) is 25.0 Å². The van der Waals surface area contributed by atoms with Gasteiger partial charge >= 0.3 is 0 Å². The van der Waals surface area contributed by atoms with E-state index in [0.29, 0.717) is 12.2 Å². The molecular weight excluding hydrogens is 341 g/mol. The Labute approximate surface area is 155 Å². The van der Waals surface area contributed by atoms with Gasteiger partial charge in [-0.2, -0.15) is 0 Å². The summed E-state index contributed by atoms with van der Waals surface area (Å²) in [4.78, 5) is 12.2. The molecule has 27 heavy (non-hydrogen) atoms. The van der Waals surface area contributed by atoms with Crippen molar-refractivity contribution in [3.63, 3.8) is 0 Å². The van der Waals surface area contributed by atoms with Crippen molar-refractivity contribution in [3.8, 4) is 11.4 Å². The second-order valence-electron chi connectivity index (χ2n) is 7.09. The number of alkyl halides is 1. The van der Waals surface area contributed by atoms with E-state index in [4.69, 9.17) is 5.73 Å². The number of rotatable bonds is 2. The van der Waals surface area contributed by atoms with Crippen LogP contribution >= 0.6 is 0 Å². The lowest BCUT2D eigenvalue weighted by Crippen LogP contribution is -2.15. The predicted molar refractivity (Wildman–Crippen MR) is 106 cm³/mol. The molecule has 0 fully saturated rings. The highest BCUT2D eigenvalue weighted by molar-refractivity contribution is 5.98. The molecule has 6 heteroatoms. The number of hydrogen-bond donors (Lipinski definition) is 2. The van der Waals surface area contributed by atoms with E-state index in [2.05, 4.69) is 21.0 Å². The van der Waals surface area contributed by atoms with Crippen molar-refractivity contribution in [2.24, 2.45) is 0 Å². The summed E-state index contributed by atoms with van der Waals surface area (Å²) >= 11 is 0. The molecule has 5 nitrogen and oxygen atoms in total. The summed E-state index contributed by atoms with van der Waals surface area (Å²) in [6, 6.07) is 8.15. The van der Waals surface area contributed by atoms with Crippen LogP contribution in [0.1, 0.15) is 18.9 Å². The maximum Gasteiger partial charge on any atom is 0.150 e. The third-order valence-electron chi connectivity index (χ3n) is 5.03. The van der Waals surface area contributed by atoms with Gasteiger partial charge in [0.25, 0.3) is 0 Å². The number of H-pyrrole nitrogens is 1. The first-order valence-electron chi connectivity index (χ1n) is 8.80. The number of fused-ring (bicyclic) bond motifs is 2. The van der Waals surface area contributed by atoms with Crippen LogP contribution in [0.5, 0.6) is 0 Å². The van der Waals surface area contributed by atoms with Crippen molar-refractivity contribution in [2.45, 2.75) is 19.0 Å². The van der Waals surface area contributed by atoms with Gasteiger partial charge in [0.2, 0.25) is 0 Å². The molecule has 1 unspecified atom stereocenters. The topological polar surface area (TPSA) is 72.0 Å². The highest BCUT2D eigenvalue weighted by Crippen LogP contribution is 2.35. The molecule has 0 saturated carbocycles. The molecule has 1 aliphatic rings. The zero-order valence-electron chi connectivity index (χ0n) is 14.8. The van der Waals surface area contributed by atoms with Gasteiger partial charge in [-0.15, -0.1) is 0 Å². The van der Waals surface area contributed by atoms with E-state index in [1.807, 2.05) is 40.9 Å². The van der Waals surface area contributed by atoms with Crippen LogP contribution in [-0.2, 0) is 0 Å². The Morgan fingerprint density at radius 2 is 2.19 bits per heavy atom. The van der Waals surface area contributed by atoms with Crippen LogP contribution < -0.4 is 5.73 Å². The summed E-state index contributed by atoms with van der Waals surface area (Å²) in [5.41, 5.74) is 10.2. The molecule has 0 radical (unpaired) electrons. The third-order valence-corrected chi connectivity index (χ3v) is 5.03. The Morgan fingerprint density at radius 1 is 1.30 bits per heavy atom. The number of halogens is 1. The van der Waals surface area contributed by atoms with Gasteiger partial charge in [0.15, 0.2) is 0 Å². The van der Waals surface area contributed by atoms with Crippen LogP contribution in [0.3, 0.4) is 0 Å². The quantitative estimate of drug-likeness (QED) is 0.552. The Balaban J connectivity index is 1.67. The highest BCUT2D eigenvalue weighted by atomic mass is 19.1. The summed E-state index contributed by atoms with van der Waals surface area (Å²) in [5.74, 6) is 0.434. The molecule has 0 bridgehead atoms. The average molecular weight is 359 g/mol. The van der Waals surface area contributed by atoms with E-state index in [1.54, 1.807) is 25.5 Å². The van der Waals surface area contributed by atoms with Gasteiger partial charge in [0, 0.05) is 29.8 Å². The number of benzene rings is 1. The first-order chi connectivity index (χ1) is 13.0. The van der Waals surface area contributed by atoms with Crippen molar-refractivity contribution >= 4 is 27.8 Å². The van der Waals surface area contributed by atoms with E-state index < -0.39 is 5.67 Å². The van der Waals surface area contributed by atoms with Gasteiger partial charge in [-0.25, -0.2) is 14.4 Å². The number of nitrogens with one attached hydrogen (secondary N) is 1. The minimum atomic E-state index is -1.28. The standard InChI is InChI=1S/C21H18FN5/c1-21(22)7-5-13(6-8-21)15-4-2-3-14-11-16(26-17(14)15)18-19-20(23)24-9-10-27(19)12-25-18/h2-7,9-12,26H,8H2,1H3,(H2,23,24). The fraction of sp³-hybridized carbons (Fsp3) is 0.143. The lowest BCUT2D eigenvalue weighted by atomic mass is 9.91. The molecule has 4 aromatic rings. The number of allylic oxidation sites excluding steroid dienone is 4. The minimum Gasteiger partial charge on any atom is -0.382 e. The predicted octanol–water partition coefficient (Wildman–Crippen LogP) is 4.53. The first-order valence-corrected chi connectivity index (χ1v) is 8.80. The van der Waals surface area contributed by atoms with Crippen LogP contribution in [0.4, 0.5) is 10.2 Å². The molecule has 3 heterocycles. The van der Waals surface area contributed by atoms with Crippen molar-refractivity contribution < 1.29 is 4.39 Å². The average Bonchev–Trinajstić information content (AvgIpc) is 3.26. The molecular formula is C21H18FN5. The van der Waals surface area contributed by atoms with Crippen LogP contribution in [0, 0.1) is 0 Å². The van der Waals surface area contributed by atoms with Crippen molar-refractivity contribution in [3.05, 3.63) is 66.8 Å². The number of nitrogen functional groups attached to an aromatic ring is 1. The van der Waals surface area contributed by atoms with E-state index >= 15 is 0 Å². The molecule has 0 saturated heterocycles. The molecule has 3 N–H and O–H groups in total. The highest BCUT2D eigenvalue weighted by Gasteiger charge is 2.22. The largest absolute Gasteiger partial charge is 0.382 e. The van der Waals surface area contributed by atoms with Gasteiger partial charge in [-0.1, -0.05) is 30.4 Å². The number of imidazole rings is 1. The van der Waals surface area contributed by atoms with Gasteiger partial charge in [0.1, 0.15) is 29.0 Å². The number of para-hydroxylation sites is 1. The van der Waals surface area contributed by atoms with Gasteiger partial charge in [0.05, 0.1) is 11.2 Å². The van der Waals surface area contributed by atoms with Crippen molar-refractivity contribution in [1.29, 1.82) is 0 Å². The molecule has 1 aliphatic carbocycles. The molecule has 0 amide bonds. The van der Waals surface area contributed by atoms with Crippen molar-refractivity contribution in [2.75, 3.05) is 5.73 Å². The fourth-order valence-electron chi connectivity index (χ4n) is 3.60. The van der Waals surface area contributed by atoms with E-state index in [-0.39, 0.29) is 0 Å². The molecule has 0 spiro atoms. The summed E-state index contributed by atoms with van der Waals surface area (Å²) in [6.07, 6.45) is 11.0. The van der Waals surface area contributed by atoms with E-state index in [0.717, 1.165) is 38.9 Å². The second-order valence-corrected chi connectivity index (χ2v) is 7.09. The number of hydrogen-bond acceptors (Lipinski definition) is 3. The molecule has 134 valence electrons. The molecule has 1 atom stereocenters. The third kappa shape index (κ3) is 2.52. The summed E-state index contributed by atoms with van der Waals surface area (Å²) < 4.78 is 15.9. The number of anilines is 1. The summed E-state index contributed by atoms with van der Waals surface area (Å²) in [6.45, 7) is 1.59. The zero-order valence-corrected chi connectivity index (χ0v) is 14.8. The summed E-state index contributed by atoms with van der Waals surface area (Å²) in [5, 5.41) is 1.06. The lowest BCUT2D eigenvalue weighted by molar-refractivity contribution is 0.260. The number of aromatic amines is 1. The van der Waals surface area contributed by atoms with Gasteiger partial charge in [-0.05, 0) is 24.6 Å². The van der Waals surface area contributed by atoms with Crippen LogP contribution in [0.2, 0.25) is 0 Å². The Bertz CT molecular complexity index is 1240. The van der Waals surface area contributed by atoms with E-state index in [1.165, 1.54) is 0 Å². The fourth-order valence-corrected chi connectivity index (χ4v) is 3.60. The minimum absolute atomic E-state index is 0.372. The number of nitrogens with zero attached hydrogens (tertiary/aromatic N) is 3. The Hall–Kier alpha value is -3.41. The smallest absolute Gasteiger partial charge is 0.150 e. The maximum atomic E-state index is 14.1. The lowest BCUT2D eigenvalue weighted by Gasteiger charge is -2.19. The monoisotopic (exact) mass is 359 g/mol. The molecule has 1 aromatic carbocycles. The Morgan fingerprint density at radius 3 is 3.00 bits per heavy atom.